The van der Waals surface area contributed by atoms with Crippen LogP contribution >= 0.6 is 0 Å². The second kappa shape index (κ2) is 10.6. The summed E-state index contributed by atoms with van der Waals surface area (Å²) in [5.41, 5.74) is 2.24. The number of benzene rings is 1. The zero-order valence-electron chi connectivity index (χ0n) is 17.8. The van der Waals surface area contributed by atoms with Crippen LogP contribution in [0.5, 0.6) is 11.5 Å². The zero-order valence-corrected chi connectivity index (χ0v) is 17.8. The summed E-state index contributed by atoms with van der Waals surface area (Å²) >= 11 is 0. The smallest absolute Gasteiger partial charge is 0.191 e. The van der Waals surface area contributed by atoms with Crippen LogP contribution in [0.25, 0.3) is 0 Å². The average molecular weight is 388 g/mol. The molecule has 2 aromatic rings. The van der Waals surface area contributed by atoms with E-state index in [9.17, 15) is 0 Å². The van der Waals surface area contributed by atoms with Crippen molar-refractivity contribution in [2.45, 2.75) is 40.3 Å². The van der Waals surface area contributed by atoms with Crippen LogP contribution in [0.3, 0.4) is 0 Å². The van der Waals surface area contributed by atoms with Crippen LogP contribution in [-0.2, 0) is 6.54 Å². The molecule has 0 saturated heterocycles. The van der Waals surface area contributed by atoms with Crippen molar-refractivity contribution in [1.82, 2.24) is 20.4 Å². The predicted octanol–water partition coefficient (Wildman–Crippen LogP) is 2.78. The van der Waals surface area contributed by atoms with Crippen LogP contribution in [0.15, 0.2) is 35.3 Å². The molecule has 1 aromatic carbocycles. The van der Waals surface area contributed by atoms with Crippen molar-refractivity contribution in [3.63, 3.8) is 0 Å². The van der Waals surface area contributed by atoms with Crippen LogP contribution < -0.4 is 20.1 Å². The number of ether oxygens (including phenoxy) is 2. The Bertz CT molecular complexity index is 772. The quantitative estimate of drug-likeness (QED) is 0.511. The van der Waals surface area contributed by atoms with Gasteiger partial charge >= 0.3 is 0 Å². The molecule has 2 rings (SSSR count). The van der Waals surface area contributed by atoms with Gasteiger partial charge in [-0.05, 0) is 44.9 Å². The van der Waals surface area contributed by atoms with Crippen LogP contribution in [0.2, 0.25) is 0 Å². The van der Waals surface area contributed by atoms with E-state index < -0.39 is 0 Å². The molecule has 0 aliphatic heterocycles. The van der Waals surface area contributed by atoms with Gasteiger partial charge in [0.2, 0.25) is 0 Å². The zero-order chi connectivity index (χ0) is 20.5. The fraction of sp³-hybridized carbons (Fsp3) is 0.524. The lowest BCUT2D eigenvalue weighted by Crippen LogP contribution is -2.43. The van der Waals surface area contributed by atoms with E-state index in [-0.39, 0.29) is 6.10 Å². The minimum absolute atomic E-state index is 0.0398. The summed E-state index contributed by atoms with van der Waals surface area (Å²) < 4.78 is 13.4. The number of aromatic nitrogens is 2. The highest BCUT2D eigenvalue weighted by molar-refractivity contribution is 5.79. The SMILES string of the molecule is CN=C(NCC(C)Cn1nc(C)cc1C)NCC(C)Oc1ccccc1OC. The van der Waals surface area contributed by atoms with Gasteiger partial charge in [-0.1, -0.05) is 19.1 Å². The Hall–Kier alpha value is -2.70. The highest BCUT2D eigenvalue weighted by Crippen LogP contribution is 2.26. The van der Waals surface area contributed by atoms with Crippen molar-refractivity contribution < 1.29 is 9.47 Å². The van der Waals surface area contributed by atoms with E-state index in [0.717, 1.165) is 36.2 Å². The maximum atomic E-state index is 5.97. The van der Waals surface area contributed by atoms with E-state index in [0.29, 0.717) is 12.5 Å². The molecule has 0 radical (unpaired) electrons. The Morgan fingerprint density at radius 1 is 1.14 bits per heavy atom. The molecule has 2 unspecified atom stereocenters. The van der Waals surface area contributed by atoms with Gasteiger partial charge in [-0.15, -0.1) is 0 Å². The lowest BCUT2D eigenvalue weighted by Gasteiger charge is -2.20. The molecule has 0 saturated carbocycles. The molecular weight excluding hydrogens is 354 g/mol. The third-order valence-electron chi connectivity index (χ3n) is 4.38. The lowest BCUT2D eigenvalue weighted by molar-refractivity contribution is 0.213. The highest BCUT2D eigenvalue weighted by Gasteiger charge is 2.11. The number of methoxy groups -OCH3 is 1. The number of nitrogens with zero attached hydrogens (tertiary/aromatic N) is 3. The van der Waals surface area contributed by atoms with Crippen LogP contribution in [0.1, 0.15) is 25.2 Å². The van der Waals surface area contributed by atoms with E-state index in [1.807, 2.05) is 38.1 Å². The summed E-state index contributed by atoms with van der Waals surface area (Å²) in [7, 11) is 3.41. The number of nitrogens with one attached hydrogen (secondary N) is 2. The van der Waals surface area contributed by atoms with Gasteiger partial charge < -0.3 is 20.1 Å². The van der Waals surface area contributed by atoms with Gasteiger partial charge in [0.05, 0.1) is 19.3 Å². The van der Waals surface area contributed by atoms with Crippen molar-refractivity contribution in [3.05, 3.63) is 41.7 Å². The molecule has 2 N–H and O–H groups in total. The second-order valence-electron chi connectivity index (χ2n) is 7.13. The minimum atomic E-state index is -0.0398. The average Bonchev–Trinajstić information content (AvgIpc) is 2.99. The first-order valence-corrected chi connectivity index (χ1v) is 9.68. The number of para-hydroxylation sites is 2. The molecule has 28 heavy (non-hydrogen) atoms. The van der Waals surface area contributed by atoms with Gasteiger partial charge in [0.15, 0.2) is 17.5 Å². The Morgan fingerprint density at radius 3 is 2.43 bits per heavy atom. The third-order valence-corrected chi connectivity index (χ3v) is 4.38. The summed E-state index contributed by atoms with van der Waals surface area (Å²) in [6.07, 6.45) is -0.0398. The van der Waals surface area contributed by atoms with E-state index >= 15 is 0 Å². The van der Waals surface area contributed by atoms with Crippen molar-refractivity contribution in [1.29, 1.82) is 0 Å². The first-order chi connectivity index (χ1) is 13.4. The Kier molecular flexibility index (Phi) is 8.17. The molecule has 0 amide bonds. The van der Waals surface area contributed by atoms with Crippen molar-refractivity contribution in [2.24, 2.45) is 10.9 Å². The normalized spacial score (nSPS) is 13.7. The fourth-order valence-corrected chi connectivity index (χ4v) is 2.93. The van der Waals surface area contributed by atoms with Crippen LogP contribution in [0.4, 0.5) is 0 Å². The number of rotatable bonds is 9. The molecule has 154 valence electrons. The van der Waals surface area contributed by atoms with E-state index in [4.69, 9.17) is 9.47 Å². The van der Waals surface area contributed by atoms with Gasteiger partial charge in [-0.3, -0.25) is 9.67 Å². The topological polar surface area (TPSA) is 72.7 Å². The van der Waals surface area contributed by atoms with Crippen LogP contribution in [0, 0.1) is 19.8 Å². The summed E-state index contributed by atoms with van der Waals surface area (Å²) in [5, 5.41) is 11.2. The number of hydrogen-bond acceptors (Lipinski definition) is 4. The van der Waals surface area contributed by atoms with Gasteiger partial charge in [0.1, 0.15) is 6.10 Å². The number of hydrogen-bond donors (Lipinski definition) is 2. The van der Waals surface area contributed by atoms with Crippen molar-refractivity contribution in [3.8, 4) is 11.5 Å². The molecule has 2 atom stereocenters. The number of guanidine groups is 1. The highest BCUT2D eigenvalue weighted by atomic mass is 16.5. The predicted molar refractivity (Wildman–Crippen MR) is 113 cm³/mol. The molecule has 7 heteroatoms. The number of aliphatic imine (C=N–C) groups is 1. The molecule has 0 bridgehead atoms. The molecule has 0 aliphatic carbocycles. The molecule has 1 aromatic heterocycles. The Balaban J connectivity index is 1.76. The second-order valence-corrected chi connectivity index (χ2v) is 7.13. The number of aryl methyl sites for hydroxylation is 2. The first kappa shape index (κ1) is 21.6. The lowest BCUT2D eigenvalue weighted by atomic mass is 10.2. The summed E-state index contributed by atoms with van der Waals surface area (Å²) in [6.45, 7) is 10.6. The molecule has 7 nitrogen and oxygen atoms in total. The Labute approximate surface area is 168 Å². The molecule has 0 fully saturated rings. The minimum Gasteiger partial charge on any atom is -0.493 e. The van der Waals surface area contributed by atoms with Crippen molar-refractivity contribution >= 4 is 5.96 Å². The largest absolute Gasteiger partial charge is 0.493 e. The summed E-state index contributed by atoms with van der Waals surface area (Å²) in [5.74, 6) is 2.64. The van der Waals surface area contributed by atoms with Gasteiger partial charge in [-0.2, -0.15) is 5.10 Å². The van der Waals surface area contributed by atoms with Gasteiger partial charge in [0.25, 0.3) is 0 Å². The molecule has 0 spiro atoms. The maximum Gasteiger partial charge on any atom is 0.191 e. The molecular formula is C21H33N5O2. The monoisotopic (exact) mass is 387 g/mol. The van der Waals surface area contributed by atoms with E-state index in [1.54, 1.807) is 14.2 Å². The van der Waals surface area contributed by atoms with E-state index in [1.165, 1.54) is 5.69 Å². The third kappa shape index (κ3) is 6.48. The van der Waals surface area contributed by atoms with E-state index in [2.05, 4.69) is 45.3 Å². The molecule has 1 heterocycles. The van der Waals surface area contributed by atoms with Gasteiger partial charge in [-0.25, -0.2) is 0 Å². The standard InChI is InChI=1S/C21H33N5O2/c1-15(14-26-17(3)11-16(2)25-26)12-23-21(22-5)24-13-18(4)28-20-10-8-7-9-19(20)27-6/h7-11,15,18H,12-14H2,1-6H3,(H2,22,23,24). The Morgan fingerprint density at radius 2 is 1.82 bits per heavy atom. The maximum absolute atomic E-state index is 5.97. The summed E-state index contributed by atoms with van der Waals surface area (Å²) in [4.78, 5) is 4.29. The fourth-order valence-electron chi connectivity index (χ4n) is 2.93. The van der Waals surface area contributed by atoms with Crippen LogP contribution in [-0.4, -0.2) is 49.1 Å². The van der Waals surface area contributed by atoms with Crippen molar-refractivity contribution in [2.75, 3.05) is 27.2 Å². The molecule has 0 aliphatic rings. The first-order valence-electron chi connectivity index (χ1n) is 9.68. The summed E-state index contributed by atoms with van der Waals surface area (Å²) in [6, 6.07) is 9.75. The van der Waals surface area contributed by atoms with Gasteiger partial charge in [0, 0.05) is 25.8 Å².